The second kappa shape index (κ2) is 7.30. The van der Waals surface area contributed by atoms with Gasteiger partial charge in [-0.05, 0) is 37.0 Å². The fourth-order valence-corrected chi connectivity index (χ4v) is 1.96. The molecule has 0 saturated heterocycles. The van der Waals surface area contributed by atoms with Crippen molar-refractivity contribution >= 4 is 23.3 Å². The number of nitrogens with one attached hydrogen (secondary N) is 1. The molecule has 0 atom stereocenters. The molecule has 1 aromatic rings. The maximum absolute atomic E-state index is 12.0. The molecule has 0 radical (unpaired) electrons. The van der Waals surface area contributed by atoms with E-state index < -0.39 is 0 Å². The van der Waals surface area contributed by atoms with Crippen LogP contribution in [-0.2, 0) is 4.74 Å². The average molecular weight is 308 g/mol. The van der Waals surface area contributed by atoms with Crippen molar-refractivity contribution in [2.45, 2.75) is 12.8 Å². The number of benzene rings is 1. The molecule has 0 bridgehead atoms. The summed E-state index contributed by atoms with van der Waals surface area (Å²) < 4.78 is 5.50. The van der Waals surface area contributed by atoms with Gasteiger partial charge in [-0.2, -0.15) is 5.26 Å². The van der Waals surface area contributed by atoms with Crippen molar-refractivity contribution in [2.24, 2.45) is 5.92 Å². The minimum atomic E-state index is -0.231. The Labute approximate surface area is 129 Å². The van der Waals surface area contributed by atoms with Gasteiger partial charge >= 0.3 is 6.03 Å². The topological polar surface area (TPSA) is 65.4 Å². The molecule has 2 rings (SSSR count). The maximum Gasteiger partial charge on any atom is 0.321 e. The van der Waals surface area contributed by atoms with Crippen LogP contribution in [-0.4, -0.2) is 37.7 Å². The van der Waals surface area contributed by atoms with Crippen LogP contribution in [0.25, 0.3) is 0 Å². The number of carbonyl (C=O) groups is 1. The third kappa shape index (κ3) is 4.92. The lowest BCUT2D eigenvalue weighted by Crippen LogP contribution is -2.34. The molecule has 1 saturated carbocycles. The number of rotatable bonds is 6. The molecule has 0 unspecified atom stereocenters. The highest BCUT2D eigenvalue weighted by atomic mass is 35.5. The van der Waals surface area contributed by atoms with E-state index in [0.717, 1.165) is 12.5 Å². The molecule has 1 N–H and O–H groups in total. The predicted octanol–water partition coefficient (Wildman–Crippen LogP) is 3.10. The van der Waals surface area contributed by atoms with Crippen molar-refractivity contribution in [1.29, 1.82) is 5.26 Å². The zero-order valence-electron chi connectivity index (χ0n) is 11.9. The number of likely N-dealkylation sites (N-methyl/N-ethyl adjacent to an activating group) is 1. The van der Waals surface area contributed by atoms with Gasteiger partial charge in [-0.15, -0.1) is 0 Å². The highest BCUT2D eigenvalue weighted by molar-refractivity contribution is 6.32. The number of nitrogens with zero attached hydrogens (tertiary/aromatic N) is 2. The minimum absolute atomic E-state index is 0.231. The van der Waals surface area contributed by atoms with E-state index in [9.17, 15) is 4.79 Å². The monoisotopic (exact) mass is 307 g/mol. The number of hydrogen-bond acceptors (Lipinski definition) is 3. The fourth-order valence-electron chi connectivity index (χ4n) is 1.74. The van der Waals surface area contributed by atoms with Gasteiger partial charge < -0.3 is 15.0 Å². The Morgan fingerprint density at radius 3 is 2.95 bits per heavy atom. The van der Waals surface area contributed by atoms with Crippen LogP contribution in [0.15, 0.2) is 18.2 Å². The molecule has 1 aliphatic rings. The number of halogens is 1. The summed E-state index contributed by atoms with van der Waals surface area (Å²) in [5, 5.41) is 11.9. The summed E-state index contributed by atoms with van der Waals surface area (Å²) in [5.74, 6) is 0.727. The van der Waals surface area contributed by atoms with E-state index in [1.165, 1.54) is 12.8 Å². The normalized spacial score (nSPS) is 13.6. The Bertz CT molecular complexity index is 552. The lowest BCUT2D eigenvalue weighted by molar-refractivity contribution is 0.109. The molecular weight excluding hydrogens is 290 g/mol. The molecular formula is C15H18ClN3O2. The third-order valence-corrected chi connectivity index (χ3v) is 3.62. The van der Waals surface area contributed by atoms with E-state index in [4.69, 9.17) is 21.6 Å². The Morgan fingerprint density at radius 1 is 1.57 bits per heavy atom. The van der Waals surface area contributed by atoms with Gasteiger partial charge in [0.15, 0.2) is 0 Å². The van der Waals surface area contributed by atoms with Crippen molar-refractivity contribution in [3.8, 4) is 6.07 Å². The minimum Gasteiger partial charge on any atom is -0.379 e. The third-order valence-electron chi connectivity index (χ3n) is 3.31. The van der Waals surface area contributed by atoms with Crippen molar-refractivity contribution in [2.75, 3.05) is 32.1 Å². The number of amides is 2. The van der Waals surface area contributed by atoms with Crippen molar-refractivity contribution in [3.05, 3.63) is 28.8 Å². The van der Waals surface area contributed by atoms with Gasteiger partial charge in [-0.1, -0.05) is 11.6 Å². The standard InChI is InChI=1S/C15H18ClN3O2/c1-19(6-7-21-10-11-2-3-11)15(20)18-13-5-4-12(9-17)14(16)8-13/h4-5,8,11H,2-3,6-7,10H2,1H3,(H,18,20). The van der Waals surface area contributed by atoms with Crippen molar-refractivity contribution in [1.82, 2.24) is 4.90 Å². The zero-order chi connectivity index (χ0) is 15.2. The highest BCUT2D eigenvalue weighted by Gasteiger charge is 2.21. The summed E-state index contributed by atoms with van der Waals surface area (Å²) in [4.78, 5) is 13.5. The molecule has 1 fully saturated rings. The Balaban J connectivity index is 1.76. The second-order valence-corrected chi connectivity index (χ2v) is 5.58. The van der Waals surface area contributed by atoms with Gasteiger partial charge in [0.2, 0.25) is 0 Å². The maximum atomic E-state index is 12.0. The average Bonchev–Trinajstić information content (AvgIpc) is 3.27. The van der Waals surface area contributed by atoms with Gasteiger partial charge in [-0.3, -0.25) is 0 Å². The molecule has 0 aromatic heterocycles. The molecule has 112 valence electrons. The molecule has 5 nitrogen and oxygen atoms in total. The Hall–Kier alpha value is -1.77. The summed E-state index contributed by atoms with van der Waals surface area (Å²) in [6, 6.07) is 6.54. The largest absolute Gasteiger partial charge is 0.379 e. The van der Waals surface area contributed by atoms with Crippen LogP contribution in [0.4, 0.5) is 10.5 Å². The molecule has 0 aliphatic heterocycles. The first kappa shape index (κ1) is 15.6. The second-order valence-electron chi connectivity index (χ2n) is 5.18. The summed E-state index contributed by atoms with van der Waals surface area (Å²) >= 11 is 5.92. The molecule has 1 aliphatic carbocycles. The van der Waals surface area contributed by atoms with E-state index in [1.54, 1.807) is 30.1 Å². The van der Waals surface area contributed by atoms with Gasteiger partial charge in [0.05, 0.1) is 17.2 Å². The number of nitriles is 1. The van der Waals surface area contributed by atoms with Gasteiger partial charge in [0.25, 0.3) is 0 Å². The van der Waals surface area contributed by atoms with Crippen molar-refractivity contribution < 1.29 is 9.53 Å². The number of hydrogen-bond donors (Lipinski definition) is 1. The van der Waals surface area contributed by atoms with Gasteiger partial charge in [-0.25, -0.2) is 4.79 Å². The molecule has 0 heterocycles. The van der Waals surface area contributed by atoms with E-state index in [2.05, 4.69) is 5.32 Å². The first-order chi connectivity index (χ1) is 10.1. The Morgan fingerprint density at radius 2 is 2.33 bits per heavy atom. The van der Waals surface area contributed by atoms with Crippen LogP contribution >= 0.6 is 11.6 Å². The number of urea groups is 1. The summed E-state index contributed by atoms with van der Waals surface area (Å²) in [5.41, 5.74) is 0.950. The molecule has 1 aromatic carbocycles. The predicted molar refractivity (Wildman–Crippen MR) is 81.4 cm³/mol. The van der Waals surface area contributed by atoms with Crippen molar-refractivity contribution in [3.63, 3.8) is 0 Å². The first-order valence-corrected chi connectivity index (χ1v) is 7.27. The van der Waals surface area contributed by atoms with E-state index in [1.807, 2.05) is 6.07 Å². The number of carbonyl (C=O) groups excluding carboxylic acids is 1. The highest BCUT2D eigenvalue weighted by Crippen LogP contribution is 2.28. The molecule has 2 amide bonds. The molecule has 21 heavy (non-hydrogen) atoms. The lowest BCUT2D eigenvalue weighted by Gasteiger charge is -2.18. The number of anilines is 1. The summed E-state index contributed by atoms with van der Waals surface area (Å²) in [7, 11) is 1.71. The summed E-state index contributed by atoms with van der Waals surface area (Å²) in [6.07, 6.45) is 2.52. The quantitative estimate of drug-likeness (QED) is 0.821. The van der Waals surface area contributed by atoms with E-state index in [0.29, 0.717) is 29.4 Å². The van der Waals surface area contributed by atoms with Crippen LogP contribution in [0, 0.1) is 17.2 Å². The number of ether oxygens (including phenoxy) is 1. The van der Waals surface area contributed by atoms with Gasteiger partial charge in [0.1, 0.15) is 6.07 Å². The van der Waals surface area contributed by atoms with Crippen LogP contribution < -0.4 is 5.32 Å². The van der Waals surface area contributed by atoms with E-state index >= 15 is 0 Å². The molecule has 6 heteroatoms. The van der Waals surface area contributed by atoms with Crippen LogP contribution in [0.3, 0.4) is 0 Å². The first-order valence-electron chi connectivity index (χ1n) is 6.89. The van der Waals surface area contributed by atoms with Crippen LogP contribution in [0.2, 0.25) is 5.02 Å². The fraction of sp³-hybridized carbons (Fsp3) is 0.467. The zero-order valence-corrected chi connectivity index (χ0v) is 12.7. The van der Waals surface area contributed by atoms with Crippen LogP contribution in [0.5, 0.6) is 0 Å². The SMILES string of the molecule is CN(CCOCC1CC1)C(=O)Nc1ccc(C#N)c(Cl)c1. The van der Waals surface area contributed by atoms with Crippen LogP contribution in [0.1, 0.15) is 18.4 Å². The lowest BCUT2D eigenvalue weighted by atomic mass is 10.2. The summed E-state index contributed by atoms with van der Waals surface area (Å²) in [6.45, 7) is 1.86. The van der Waals surface area contributed by atoms with Gasteiger partial charge in [0, 0.05) is 25.9 Å². The molecule has 0 spiro atoms. The van der Waals surface area contributed by atoms with E-state index in [-0.39, 0.29) is 6.03 Å². The Kier molecular flexibility index (Phi) is 5.43. The smallest absolute Gasteiger partial charge is 0.321 e.